The first-order chi connectivity index (χ1) is 11.3. The molecule has 2 aromatic rings. The van der Waals surface area contributed by atoms with E-state index in [4.69, 9.17) is 21.1 Å². The Bertz CT molecular complexity index is 694. The van der Waals surface area contributed by atoms with Crippen LogP contribution in [0, 0.1) is 0 Å². The predicted molar refractivity (Wildman–Crippen MR) is 94.7 cm³/mol. The van der Waals surface area contributed by atoms with E-state index in [1.54, 1.807) is 0 Å². The molecule has 0 aliphatic carbocycles. The van der Waals surface area contributed by atoms with Gasteiger partial charge in [0.2, 0.25) is 0 Å². The van der Waals surface area contributed by atoms with Gasteiger partial charge in [-0.15, -0.1) is 11.3 Å². The highest BCUT2D eigenvalue weighted by molar-refractivity contribution is 7.15. The Balaban J connectivity index is 1.44. The summed E-state index contributed by atoms with van der Waals surface area (Å²) in [7, 11) is 0. The molecule has 5 heteroatoms. The molecule has 2 aliphatic heterocycles. The molecule has 0 N–H and O–H groups in total. The summed E-state index contributed by atoms with van der Waals surface area (Å²) >= 11 is 8.04. The van der Waals surface area contributed by atoms with Crippen molar-refractivity contribution in [1.29, 1.82) is 0 Å². The van der Waals surface area contributed by atoms with E-state index >= 15 is 0 Å². The summed E-state index contributed by atoms with van der Waals surface area (Å²) in [5.74, 6) is 0.948. The zero-order valence-electron chi connectivity index (χ0n) is 13.0. The lowest BCUT2D eigenvalue weighted by Crippen LogP contribution is -2.36. The van der Waals surface area contributed by atoms with Crippen molar-refractivity contribution in [2.75, 3.05) is 32.8 Å². The standard InChI is InChI=1S/C18H20ClNO2S/c19-14-3-4-17-16(11-14)18-13(12-22-17)10-15(23-18)2-1-5-20-6-8-21-9-7-20/h3-4,10-11H,1-2,5-9,12H2. The Hall–Kier alpha value is -1.07. The molecule has 3 nitrogen and oxygen atoms in total. The van der Waals surface area contributed by atoms with Crippen molar-refractivity contribution in [3.05, 3.63) is 39.7 Å². The van der Waals surface area contributed by atoms with Crippen molar-refractivity contribution < 1.29 is 9.47 Å². The van der Waals surface area contributed by atoms with Crippen LogP contribution in [0.15, 0.2) is 24.3 Å². The molecule has 2 aliphatic rings. The van der Waals surface area contributed by atoms with Crippen molar-refractivity contribution >= 4 is 22.9 Å². The van der Waals surface area contributed by atoms with E-state index in [1.165, 1.54) is 21.7 Å². The highest BCUT2D eigenvalue weighted by Crippen LogP contribution is 2.43. The van der Waals surface area contributed by atoms with Crippen LogP contribution in [0.4, 0.5) is 0 Å². The molecule has 1 saturated heterocycles. The van der Waals surface area contributed by atoms with Crippen LogP contribution in [0.2, 0.25) is 5.02 Å². The van der Waals surface area contributed by atoms with Gasteiger partial charge >= 0.3 is 0 Å². The largest absolute Gasteiger partial charge is 0.488 e. The Labute approximate surface area is 145 Å². The molecule has 0 radical (unpaired) electrons. The van der Waals surface area contributed by atoms with E-state index in [0.29, 0.717) is 6.61 Å². The second kappa shape index (κ2) is 6.81. The molecule has 23 heavy (non-hydrogen) atoms. The summed E-state index contributed by atoms with van der Waals surface area (Å²) in [6.07, 6.45) is 2.33. The van der Waals surface area contributed by atoms with Gasteiger partial charge in [-0.1, -0.05) is 11.6 Å². The van der Waals surface area contributed by atoms with Crippen molar-refractivity contribution in [2.45, 2.75) is 19.4 Å². The Morgan fingerprint density at radius 1 is 1.17 bits per heavy atom. The minimum atomic E-state index is 0.671. The summed E-state index contributed by atoms with van der Waals surface area (Å²) in [6.45, 7) is 5.72. The van der Waals surface area contributed by atoms with Gasteiger partial charge in [0.15, 0.2) is 0 Å². The van der Waals surface area contributed by atoms with Crippen LogP contribution in [0.1, 0.15) is 16.9 Å². The molecular weight excluding hydrogens is 330 g/mol. The quantitative estimate of drug-likeness (QED) is 0.824. The van der Waals surface area contributed by atoms with Crippen LogP contribution in [0.3, 0.4) is 0 Å². The highest BCUT2D eigenvalue weighted by Gasteiger charge is 2.20. The monoisotopic (exact) mass is 349 g/mol. The van der Waals surface area contributed by atoms with Crippen LogP contribution >= 0.6 is 22.9 Å². The molecule has 1 aromatic carbocycles. The van der Waals surface area contributed by atoms with Crippen molar-refractivity contribution in [3.63, 3.8) is 0 Å². The molecule has 3 heterocycles. The number of ether oxygens (including phenoxy) is 2. The third kappa shape index (κ3) is 3.41. The number of hydrogen-bond acceptors (Lipinski definition) is 4. The van der Waals surface area contributed by atoms with Gasteiger partial charge in [0.05, 0.1) is 13.2 Å². The fraction of sp³-hybridized carbons (Fsp3) is 0.444. The van der Waals surface area contributed by atoms with Gasteiger partial charge in [0.25, 0.3) is 0 Å². The van der Waals surface area contributed by atoms with Crippen LogP contribution in [0.5, 0.6) is 5.75 Å². The van der Waals surface area contributed by atoms with Gasteiger partial charge in [-0.05, 0) is 43.7 Å². The number of aryl methyl sites for hydroxylation is 1. The van der Waals surface area contributed by atoms with E-state index in [2.05, 4.69) is 11.0 Å². The normalized spacial score (nSPS) is 17.4. The zero-order valence-corrected chi connectivity index (χ0v) is 14.6. The van der Waals surface area contributed by atoms with E-state index < -0.39 is 0 Å². The Kier molecular flexibility index (Phi) is 4.58. The molecule has 0 spiro atoms. The number of thiophene rings is 1. The zero-order chi connectivity index (χ0) is 15.6. The Morgan fingerprint density at radius 2 is 2.04 bits per heavy atom. The summed E-state index contributed by atoms with van der Waals surface area (Å²) in [5, 5.41) is 0.766. The summed E-state index contributed by atoms with van der Waals surface area (Å²) < 4.78 is 11.2. The van der Waals surface area contributed by atoms with Crippen LogP contribution in [-0.2, 0) is 17.8 Å². The van der Waals surface area contributed by atoms with Gasteiger partial charge < -0.3 is 9.47 Å². The molecule has 0 saturated carbocycles. The highest BCUT2D eigenvalue weighted by atomic mass is 35.5. The second-order valence-electron chi connectivity index (χ2n) is 6.05. The first kappa shape index (κ1) is 15.5. The third-order valence-electron chi connectivity index (χ3n) is 4.43. The minimum Gasteiger partial charge on any atom is -0.488 e. The molecule has 122 valence electrons. The summed E-state index contributed by atoms with van der Waals surface area (Å²) in [4.78, 5) is 5.27. The second-order valence-corrected chi connectivity index (χ2v) is 7.63. The molecule has 0 atom stereocenters. The van der Waals surface area contributed by atoms with E-state index in [1.807, 2.05) is 29.5 Å². The first-order valence-corrected chi connectivity index (χ1v) is 9.33. The summed E-state index contributed by atoms with van der Waals surface area (Å²) in [6, 6.07) is 8.19. The van der Waals surface area contributed by atoms with Crippen molar-refractivity contribution in [3.8, 4) is 16.2 Å². The van der Waals surface area contributed by atoms with Crippen LogP contribution in [-0.4, -0.2) is 37.7 Å². The predicted octanol–water partition coefficient (Wildman–Crippen LogP) is 4.23. The van der Waals surface area contributed by atoms with Gasteiger partial charge in [0, 0.05) is 39.0 Å². The van der Waals surface area contributed by atoms with Crippen LogP contribution < -0.4 is 4.74 Å². The van der Waals surface area contributed by atoms with Gasteiger partial charge in [-0.2, -0.15) is 0 Å². The lowest BCUT2D eigenvalue weighted by molar-refractivity contribution is 0.0375. The molecule has 0 unspecified atom stereocenters. The number of benzene rings is 1. The number of hydrogen-bond donors (Lipinski definition) is 0. The molecular formula is C18H20ClNO2S. The fourth-order valence-corrected chi connectivity index (χ4v) is 4.61. The van der Waals surface area contributed by atoms with Gasteiger partial charge in [-0.3, -0.25) is 4.90 Å². The molecule has 0 amide bonds. The summed E-state index contributed by atoms with van der Waals surface area (Å²) in [5.41, 5.74) is 2.44. The SMILES string of the molecule is Clc1ccc2c(c1)-c1sc(CCCN3CCOCC3)cc1CO2. The average molecular weight is 350 g/mol. The van der Waals surface area contributed by atoms with Gasteiger partial charge in [0.1, 0.15) is 12.4 Å². The molecule has 4 rings (SSSR count). The van der Waals surface area contributed by atoms with Gasteiger partial charge in [-0.25, -0.2) is 0 Å². The van der Waals surface area contributed by atoms with Crippen molar-refractivity contribution in [1.82, 2.24) is 4.90 Å². The maximum Gasteiger partial charge on any atom is 0.128 e. The third-order valence-corrected chi connectivity index (χ3v) is 5.94. The number of morpholine rings is 1. The van der Waals surface area contributed by atoms with E-state index in [-0.39, 0.29) is 0 Å². The maximum absolute atomic E-state index is 6.15. The number of rotatable bonds is 4. The maximum atomic E-state index is 6.15. The smallest absolute Gasteiger partial charge is 0.128 e. The minimum absolute atomic E-state index is 0.671. The molecule has 1 fully saturated rings. The number of fused-ring (bicyclic) bond motifs is 3. The van der Waals surface area contributed by atoms with E-state index in [0.717, 1.165) is 55.6 Å². The lowest BCUT2D eigenvalue weighted by atomic mass is 10.1. The van der Waals surface area contributed by atoms with Crippen LogP contribution in [0.25, 0.3) is 10.4 Å². The van der Waals surface area contributed by atoms with E-state index in [9.17, 15) is 0 Å². The number of halogens is 1. The molecule has 0 bridgehead atoms. The first-order valence-electron chi connectivity index (χ1n) is 8.14. The average Bonchev–Trinajstić information content (AvgIpc) is 2.99. The topological polar surface area (TPSA) is 21.7 Å². The Morgan fingerprint density at radius 3 is 2.91 bits per heavy atom. The lowest BCUT2D eigenvalue weighted by Gasteiger charge is -2.26. The van der Waals surface area contributed by atoms with Crippen molar-refractivity contribution in [2.24, 2.45) is 0 Å². The fourth-order valence-electron chi connectivity index (χ4n) is 3.21. The molecule has 1 aromatic heterocycles. The number of nitrogens with zero attached hydrogens (tertiary/aromatic N) is 1.